The summed E-state index contributed by atoms with van der Waals surface area (Å²) in [6.45, 7) is 3.18. The number of halogens is 1. The average Bonchev–Trinajstić information content (AvgIpc) is 2.65. The molecule has 0 aliphatic carbocycles. The van der Waals surface area contributed by atoms with Gasteiger partial charge in [-0.05, 0) is 41.9 Å². The van der Waals surface area contributed by atoms with Gasteiger partial charge in [0.25, 0.3) is 0 Å². The first kappa shape index (κ1) is 12.4. The van der Waals surface area contributed by atoms with Crippen molar-refractivity contribution in [1.82, 2.24) is 4.90 Å². The van der Waals surface area contributed by atoms with Crippen molar-refractivity contribution in [3.63, 3.8) is 0 Å². The highest BCUT2D eigenvalue weighted by molar-refractivity contribution is 7.80. The van der Waals surface area contributed by atoms with Crippen LogP contribution in [0.15, 0.2) is 18.2 Å². The maximum Gasteiger partial charge on any atom is 0.223 e. The normalized spacial score (nSPS) is 20.1. The van der Waals surface area contributed by atoms with E-state index in [1.54, 1.807) is 11.0 Å². The predicted octanol–water partition coefficient (Wildman–Crippen LogP) is 2.41. The number of carbonyl (C=O) groups excluding carboxylic acids is 1. The van der Waals surface area contributed by atoms with Crippen LogP contribution in [0.3, 0.4) is 0 Å². The lowest BCUT2D eigenvalue weighted by Gasteiger charge is -2.17. The van der Waals surface area contributed by atoms with Crippen LogP contribution < -0.4 is 0 Å². The van der Waals surface area contributed by atoms with Gasteiger partial charge in [-0.1, -0.05) is 6.07 Å². The van der Waals surface area contributed by atoms with E-state index in [0.29, 0.717) is 18.9 Å². The molecule has 1 saturated heterocycles. The largest absolute Gasteiger partial charge is 0.338 e. The average molecular weight is 253 g/mol. The Labute approximate surface area is 106 Å². The molecule has 17 heavy (non-hydrogen) atoms. The fourth-order valence-electron chi connectivity index (χ4n) is 2.15. The molecule has 1 atom stereocenters. The molecule has 1 aliphatic heterocycles. The van der Waals surface area contributed by atoms with E-state index < -0.39 is 0 Å². The summed E-state index contributed by atoms with van der Waals surface area (Å²) in [6.07, 6.45) is 0.567. The van der Waals surface area contributed by atoms with Crippen LogP contribution in [-0.4, -0.2) is 23.1 Å². The molecule has 1 aromatic carbocycles. The Kier molecular flexibility index (Phi) is 3.72. The zero-order chi connectivity index (χ0) is 12.4. The predicted molar refractivity (Wildman–Crippen MR) is 68.5 cm³/mol. The van der Waals surface area contributed by atoms with Gasteiger partial charge in [0.2, 0.25) is 5.91 Å². The van der Waals surface area contributed by atoms with Crippen molar-refractivity contribution in [2.24, 2.45) is 5.92 Å². The van der Waals surface area contributed by atoms with E-state index in [2.05, 4.69) is 12.6 Å². The second kappa shape index (κ2) is 5.08. The highest BCUT2D eigenvalue weighted by Gasteiger charge is 2.28. The number of hydrogen-bond donors (Lipinski definition) is 1. The maximum atomic E-state index is 13.1. The monoisotopic (exact) mass is 253 g/mol. The molecule has 2 rings (SSSR count). The Morgan fingerprint density at radius 3 is 2.94 bits per heavy atom. The van der Waals surface area contributed by atoms with Gasteiger partial charge in [0, 0.05) is 19.5 Å². The number of rotatable bonds is 3. The third-order valence-corrected chi connectivity index (χ3v) is 3.74. The molecule has 1 unspecified atom stereocenters. The van der Waals surface area contributed by atoms with Gasteiger partial charge in [-0.3, -0.25) is 4.79 Å². The van der Waals surface area contributed by atoms with Gasteiger partial charge in [0.15, 0.2) is 0 Å². The Morgan fingerprint density at radius 1 is 1.53 bits per heavy atom. The number of benzene rings is 1. The third kappa shape index (κ3) is 2.80. The second-order valence-corrected chi connectivity index (χ2v) is 4.96. The minimum atomic E-state index is -0.247. The fourth-order valence-corrected chi connectivity index (χ4v) is 2.39. The molecule has 0 spiro atoms. The molecule has 92 valence electrons. The van der Waals surface area contributed by atoms with E-state index in [0.717, 1.165) is 23.4 Å². The number of hydrogen-bond acceptors (Lipinski definition) is 2. The van der Waals surface area contributed by atoms with Gasteiger partial charge in [-0.15, -0.1) is 0 Å². The molecule has 0 N–H and O–H groups in total. The van der Waals surface area contributed by atoms with Crippen LogP contribution in [0.5, 0.6) is 0 Å². The quantitative estimate of drug-likeness (QED) is 0.820. The standard InChI is InChI=1S/C13H16FNOS/c1-9-2-3-12(14)5-11(9)7-15-6-10(8-17)4-13(15)16/h2-3,5,10,17H,4,6-8H2,1H3. The van der Waals surface area contributed by atoms with Gasteiger partial charge >= 0.3 is 0 Å². The van der Waals surface area contributed by atoms with Crippen molar-refractivity contribution in [2.45, 2.75) is 19.9 Å². The zero-order valence-corrected chi connectivity index (χ0v) is 10.7. The zero-order valence-electron chi connectivity index (χ0n) is 9.82. The maximum absolute atomic E-state index is 13.1. The molecule has 4 heteroatoms. The highest BCUT2D eigenvalue weighted by atomic mass is 32.1. The van der Waals surface area contributed by atoms with E-state index in [9.17, 15) is 9.18 Å². The topological polar surface area (TPSA) is 20.3 Å². The number of carbonyl (C=O) groups is 1. The minimum absolute atomic E-state index is 0.146. The summed E-state index contributed by atoms with van der Waals surface area (Å²) < 4.78 is 13.1. The Bertz CT molecular complexity index is 435. The van der Waals surface area contributed by atoms with Gasteiger partial charge in [-0.25, -0.2) is 4.39 Å². The molecule has 1 aliphatic rings. The molecule has 2 nitrogen and oxygen atoms in total. The van der Waals surface area contributed by atoms with Crippen molar-refractivity contribution in [3.05, 3.63) is 35.1 Å². The molecule has 1 heterocycles. The van der Waals surface area contributed by atoms with E-state index >= 15 is 0 Å². The summed E-state index contributed by atoms with van der Waals surface area (Å²) in [7, 11) is 0. The number of nitrogens with zero attached hydrogens (tertiary/aromatic N) is 1. The van der Waals surface area contributed by atoms with E-state index in [1.807, 2.05) is 6.92 Å². The lowest BCUT2D eigenvalue weighted by molar-refractivity contribution is -0.128. The van der Waals surface area contributed by atoms with Gasteiger partial charge in [0.1, 0.15) is 5.82 Å². The Hall–Kier alpha value is -1.03. The molecule has 0 bridgehead atoms. The van der Waals surface area contributed by atoms with Crippen molar-refractivity contribution in [2.75, 3.05) is 12.3 Å². The first-order valence-corrected chi connectivity index (χ1v) is 6.37. The van der Waals surface area contributed by atoms with Gasteiger partial charge in [0.05, 0.1) is 0 Å². The van der Waals surface area contributed by atoms with Gasteiger partial charge in [-0.2, -0.15) is 12.6 Å². The summed E-state index contributed by atoms with van der Waals surface area (Å²) in [5.74, 6) is 0.958. The van der Waals surface area contributed by atoms with Crippen LogP contribution >= 0.6 is 12.6 Å². The second-order valence-electron chi connectivity index (χ2n) is 4.60. The summed E-state index contributed by atoms with van der Waals surface area (Å²) in [4.78, 5) is 13.5. The molecule has 1 amide bonds. The first-order chi connectivity index (χ1) is 8.10. The number of thiol groups is 1. The SMILES string of the molecule is Cc1ccc(F)cc1CN1CC(CS)CC1=O. The van der Waals surface area contributed by atoms with Crippen LogP contribution in [0, 0.1) is 18.7 Å². The molecule has 1 fully saturated rings. The van der Waals surface area contributed by atoms with Crippen molar-refractivity contribution in [3.8, 4) is 0 Å². The summed E-state index contributed by atoms with van der Waals surface area (Å²) in [5.41, 5.74) is 1.91. The number of aryl methyl sites for hydroxylation is 1. The molecule has 0 radical (unpaired) electrons. The molecular weight excluding hydrogens is 237 g/mol. The molecular formula is C13H16FNOS. The van der Waals surface area contributed by atoms with Crippen LogP contribution in [0.4, 0.5) is 4.39 Å². The van der Waals surface area contributed by atoms with Crippen molar-refractivity contribution in [1.29, 1.82) is 0 Å². The van der Waals surface area contributed by atoms with E-state index in [-0.39, 0.29) is 11.7 Å². The summed E-state index contributed by atoms with van der Waals surface area (Å²) >= 11 is 4.22. The number of amides is 1. The molecule has 1 aromatic rings. The van der Waals surface area contributed by atoms with E-state index in [4.69, 9.17) is 0 Å². The summed E-state index contributed by atoms with van der Waals surface area (Å²) in [6, 6.07) is 4.71. The number of likely N-dealkylation sites (tertiary alicyclic amines) is 1. The minimum Gasteiger partial charge on any atom is -0.338 e. The van der Waals surface area contributed by atoms with Crippen LogP contribution in [0.25, 0.3) is 0 Å². The first-order valence-electron chi connectivity index (χ1n) is 5.74. The van der Waals surface area contributed by atoms with Crippen molar-refractivity contribution >= 4 is 18.5 Å². The lowest BCUT2D eigenvalue weighted by Crippen LogP contribution is -2.25. The Morgan fingerprint density at radius 2 is 2.29 bits per heavy atom. The van der Waals surface area contributed by atoms with Crippen LogP contribution in [-0.2, 0) is 11.3 Å². The van der Waals surface area contributed by atoms with Gasteiger partial charge < -0.3 is 4.90 Å². The highest BCUT2D eigenvalue weighted by Crippen LogP contribution is 2.22. The van der Waals surface area contributed by atoms with Crippen LogP contribution in [0.1, 0.15) is 17.5 Å². The lowest BCUT2D eigenvalue weighted by atomic mass is 10.1. The Balaban J connectivity index is 2.11. The molecule has 0 aromatic heterocycles. The third-order valence-electron chi connectivity index (χ3n) is 3.23. The molecule has 0 saturated carbocycles. The van der Waals surface area contributed by atoms with E-state index in [1.165, 1.54) is 12.1 Å². The smallest absolute Gasteiger partial charge is 0.223 e. The van der Waals surface area contributed by atoms with Crippen molar-refractivity contribution < 1.29 is 9.18 Å². The van der Waals surface area contributed by atoms with Crippen LogP contribution in [0.2, 0.25) is 0 Å². The fraction of sp³-hybridized carbons (Fsp3) is 0.462. The summed E-state index contributed by atoms with van der Waals surface area (Å²) in [5, 5.41) is 0.